The number of nitrogens with zero attached hydrogens (tertiary/aromatic N) is 1. The van der Waals surface area contributed by atoms with Crippen LogP contribution < -0.4 is 0 Å². The van der Waals surface area contributed by atoms with Crippen LogP contribution in [-0.2, 0) is 6.54 Å². The Morgan fingerprint density at radius 3 is 2.57 bits per heavy atom. The molecule has 0 aliphatic carbocycles. The van der Waals surface area contributed by atoms with E-state index in [0.29, 0.717) is 5.02 Å². The number of hydrogen-bond donors (Lipinski definition) is 1. The van der Waals surface area contributed by atoms with Gasteiger partial charge in [0.15, 0.2) is 0 Å². The van der Waals surface area contributed by atoms with Gasteiger partial charge in [-0.25, -0.2) is 0 Å². The Bertz CT molecular complexity index is 660. The Balaban J connectivity index is 2.07. The molecular formula is C16H15Cl2NOS. The van der Waals surface area contributed by atoms with Crippen LogP contribution in [0, 0.1) is 0 Å². The van der Waals surface area contributed by atoms with Gasteiger partial charge in [0.25, 0.3) is 0 Å². The van der Waals surface area contributed by atoms with Crippen LogP contribution in [0.25, 0.3) is 0 Å². The Morgan fingerprint density at radius 2 is 1.90 bits per heavy atom. The maximum atomic E-state index is 9.08. The van der Waals surface area contributed by atoms with E-state index >= 15 is 0 Å². The van der Waals surface area contributed by atoms with Crippen molar-refractivity contribution in [3.63, 3.8) is 0 Å². The van der Waals surface area contributed by atoms with Gasteiger partial charge in [-0.2, -0.15) is 0 Å². The first-order chi connectivity index (χ1) is 10.1. The molecule has 1 atom stereocenters. The number of rotatable bonds is 2. The standard InChI is InChI=1S/C16H15Cl2NOS/c1-19-8-14(10-2-4-12(21-20)5-3-10)13-6-11(17)7-16(18)15(13)9-19/h2-7,14,20H,8-9H2,1H3/t14-/m0/s1. The predicted molar refractivity (Wildman–Crippen MR) is 89.6 cm³/mol. The third-order valence-electron chi connectivity index (χ3n) is 3.88. The van der Waals surface area contributed by atoms with Crippen molar-refractivity contribution >= 4 is 35.2 Å². The molecule has 5 heteroatoms. The number of benzene rings is 2. The van der Waals surface area contributed by atoms with E-state index in [9.17, 15) is 0 Å². The highest BCUT2D eigenvalue weighted by Gasteiger charge is 2.26. The lowest BCUT2D eigenvalue weighted by Gasteiger charge is -2.33. The molecule has 1 aliphatic heterocycles. The quantitative estimate of drug-likeness (QED) is 0.766. The fourth-order valence-corrected chi connectivity index (χ4v) is 3.72. The molecule has 2 aromatic carbocycles. The van der Waals surface area contributed by atoms with Crippen LogP contribution in [0.15, 0.2) is 41.3 Å². The third kappa shape index (κ3) is 3.08. The Kier molecular flexibility index (Phi) is 4.48. The summed E-state index contributed by atoms with van der Waals surface area (Å²) in [7, 11) is 2.10. The van der Waals surface area contributed by atoms with E-state index in [4.69, 9.17) is 27.8 Å². The molecule has 3 rings (SSSR count). The molecule has 0 saturated carbocycles. The number of likely N-dealkylation sites (N-methyl/N-ethyl adjacent to an activating group) is 1. The molecule has 0 unspecified atom stereocenters. The molecule has 0 saturated heterocycles. The monoisotopic (exact) mass is 339 g/mol. The van der Waals surface area contributed by atoms with Gasteiger partial charge < -0.3 is 9.45 Å². The van der Waals surface area contributed by atoms with E-state index in [1.165, 1.54) is 11.1 Å². The minimum absolute atomic E-state index is 0.243. The average molecular weight is 340 g/mol. The molecule has 2 aromatic rings. The van der Waals surface area contributed by atoms with Gasteiger partial charge in [0.05, 0.1) is 0 Å². The highest BCUT2D eigenvalue weighted by atomic mass is 35.5. The van der Waals surface area contributed by atoms with Crippen LogP contribution in [-0.4, -0.2) is 23.0 Å². The molecule has 2 nitrogen and oxygen atoms in total. The summed E-state index contributed by atoms with van der Waals surface area (Å²) in [6.07, 6.45) is 0. The summed E-state index contributed by atoms with van der Waals surface area (Å²) in [6, 6.07) is 11.8. The summed E-state index contributed by atoms with van der Waals surface area (Å²) in [4.78, 5) is 3.11. The second-order valence-electron chi connectivity index (χ2n) is 5.37. The summed E-state index contributed by atoms with van der Waals surface area (Å²) >= 11 is 13.3. The summed E-state index contributed by atoms with van der Waals surface area (Å²) in [6.45, 7) is 1.77. The minimum Gasteiger partial charge on any atom is -0.325 e. The first kappa shape index (κ1) is 15.2. The molecule has 1 heterocycles. The maximum Gasteiger partial charge on any atom is 0.0468 e. The number of halogens is 2. The van der Waals surface area contributed by atoms with Crippen molar-refractivity contribution in [2.75, 3.05) is 13.6 Å². The first-order valence-electron chi connectivity index (χ1n) is 6.66. The summed E-state index contributed by atoms with van der Waals surface area (Å²) in [5.41, 5.74) is 3.56. The van der Waals surface area contributed by atoms with Crippen LogP contribution in [0.2, 0.25) is 10.0 Å². The normalized spacial score (nSPS) is 18.6. The molecule has 0 spiro atoms. The molecule has 0 bridgehead atoms. The van der Waals surface area contributed by atoms with Gasteiger partial charge in [-0.1, -0.05) is 35.3 Å². The van der Waals surface area contributed by atoms with E-state index in [1.54, 1.807) is 0 Å². The molecule has 0 fully saturated rings. The fraction of sp³-hybridized carbons (Fsp3) is 0.250. The van der Waals surface area contributed by atoms with Crippen molar-refractivity contribution in [3.05, 3.63) is 63.1 Å². The van der Waals surface area contributed by atoms with Gasteiger partial charge in [0.2, 0.25) is 0 Å². The van der Waals surface area contributed by atoms with Crippen molar-refractivity contribution in [2.45, 2.75) is 17.4 Å². The fourth-order valence-electron chi connectivity index (χ4n) is 2.89. The highest BCUT2D eigenvalue weighted by Crippen LogP contribution is 2.38. The highest BCUT2D eigenvalue weighted by molar-refractivity contribution is 7.93. The second kappa shape index (κ2) is 6.19. The zero-order valence-electron chi connectivity index (χ0n) is 11.5. The molecule has 0 amide bonds. The zero-order valence-corrected chi connectivity index (χ0v) is 13.8. The van der Waals surface area contributed by atoms with Crippen LogP contribution in [0.1, 0.15) is 22.6 Å². The number of fused-ring (bicyclic) bond motifs is 1. The second-order valence-corrected chi connectivity index (χ2v) is 6.86. The molecule has 110 valence electrons. The van der Waals surface area contributed by atoms with E-state index in [0.717, 1.165) is 40.6 Å². The third-order valence-corrected chi connectivity index (χ3v) is 4.92. The molecule has 21 heavy (non-hydrogen) atoms. The maximum absolute atomic E-state index is 9.08. The van der Waals surface area contributed by atoms with Crippen LogP contribution in [0.3, 0.4) is 0 Å². The Morgan fingerprint density at radius 1 is 1.19 bits per heavy atom. The van der Waals surface area contributed by atoms with Gasteiger partial charge in [0.1, 0.15) is 0 Å². The van der Waals surface area contributed by atoms with Crippen molar-refractivity contribution in [3.8, 4) is 0 Å². The van der Waals surface area contributed by atoms with Gasteiger partial charge in [-0.15, -0.1) is 0 Å². The summed E-state index contributed by atoms with van der Waals surface area (Å²) in [5, 5.41) is 1.41. The SMILES string of the molecule is CN1Cc2c(Cl)cc(Cl)cc2[C@H](c2ccc(SO)cc2)C1. The smallest absolute Gasteiger partial charge is 0.0468 e. The lowest BCUT2D eigenvalue weighted by molar-refractivity contribution is 0.295. The predicted octanol–water partition coefficient (Wildman–Crippen LogP) is 5.14. The van der Waals surface area contributed by atoms with E-state index in [-0.39, 0.29) is 5.92 Å². The Labute approximate surface area is 138 Å². The number of hydrogen-bond acceptors (Lipinski definition) is 3. The first-order valence-corrected chi connectivity index (χ1v) is 8.19. The lowest BCUT2D eigenvalue weighted by Crippen LogP contribution is -2.31. The molecular weight excluding hydrogens is 325 g/mol. The summed E-state index contributed by atoms with van der Waals surface area (Å²) in [5.74, 6) is 0.243. The average Bonchev–Trinajstić information content (AvgIpc) is 2.47. The van der Waals surface area contributed by atoms with E-state index in [2.05, 4.69) is 24.1 Å². The largest absolute Gasteiger partial charge is 0.325 e. The summed E-state index contributed by atoms with van der Waals surface area (Å²) < 4.78 is 9.08. The van der Waals surface area contributed by atoms with Gasteiger partial charge >= 0.3 is 0 Å². The van der Waals surface area contributed by atoms with Crippen LogP contribution in [0.5, 0.6) is 0 Å². The van der Waals surface area contributed by atoms with Crippen LogP contribution >= 0.6 is 35.2 Å². The molecule has 0 aromatic heterocycles. The van der Waals surface area contributed by atoms with Crippen molar-refractivity contribution < 1.29 is 4.55 Å². The van der Waals surface area contributed by atoms with E-state index < -0.39 is 0 Å². The van der Waals surface area contributed by atoms with Gasteiger partial charge in [-0.3, -0.25) is 0 Å². The van der Waals surface area contributed by atoms with Crippen molar-refractivity contribution in [1.82, 2.24) is 4.90 Å². The van der Waals surface area contributed by atoms with Gasteiger partial charge in [-0.05, 0) is 48.0 Å². The zero-order chi connectivity index (χ0) is 15.0. The minimum atomic E-state index is 0.243. The van der Waals surface area contributed by atoms with Crippen molar-refractivity contribution in [2.24, 2.45) is 0 Å². The topological polar surface area (TPSA) is 23.5 Å². The molecule has 1 N–H and O–H groups in total. The Hall–Kier alpha value is -0.710. The van der Waals surface area contributed by atoms with Crippen LogP contribution in [0.4, 0.5) is 0 Å². The van der Waals surface area contributed by atoms with Crippen molar-refractivity contribution in [1.29, 1.82) is 0 Å². The lowest BCUT2D eigenvalue weighted by atomic mass is 9.85. The molecule has 1 aliphatic rings. The van der Waals surface area contributed by atoms with Gasteiger partial charge in [0, 0.05) is 46.0 Å². The molecule has 0 radical (unpaired) electrons. The van der Waals surface area contributed by atoms with E-state index in [1.807, 2.05) is 24.3 Å².